The van der Waals surface area contributed by atoms with Gasteiger partial charge >= 0.3 is 5.97 Å². The third-order valence-corrected chi connectivity index (χ3v) is 1.80. The van der Waals surface area contributed by atoms with E-state index in [2.05, 4.69) is 6.58 Å². The van der Waals surface area contributed by atoms with Crippen molar-refractivity contribution in [2.24, 2.45) is 0 Å². The summed E-state index contributed by atoms with van der Waals surface area (Å²) >= 11 is 0. The minimum atomic E-state index is -0.0973. The van der Waals surface area contributed by atoms with Gasteiger partial charge in [0.15, 0.2) is 0 Å². The van der Waals surface area contributed by atoms with E-state index in [1.807, 2.05) is 13.8 Å². The first-order valence-electron chi connectivity index (χ1n) is 4.96. The van der Waals surface area contributed by atoms with Crippen molar-refractivity contribution in [2.45, 2.75) is 46.0 Å². The van der Waals surface area contributed by atoms with Crippen molar-refractivity contribution in [3.05, 3.63) is 12.2 Å². The fraction of sp³-hybridized carbons (Fsp3) is 0.727. The minimum absolute atomic E-state index is 0.0973. The van der Waals surface area contributed by atoms with Gasteiger partial charge < -0.3 is 4.74 Å². The molecular weight excluding hydrogens is 164 g/mol. The Morgan fingerprint density at radius 1 is 1.31 bits per heavy atom. The predicted molar refractivity (Wildman–Crippen MR) is 54.5 cm³/mol. The maximum absolute atomic E-state index is 10.7. The molecule has 0 aliphatic heterocycles. The molecule has 0 fully saturated rings. The Kier molecular flexibility index (Phi) is 7.36. The fourth-order valence-corrected chi connectivity index (χ4v) is 0.994. The van der Waals surface area contributed by atoms with Crippen molar-refractivity contribution in [2.75, 3.05) is 6.61 Å². The van der Waals surface area contributed by atoms with Crippen molar-refractivity contribution in [3.63, 3.8) is 0 Å². The first-order chi connectivity index (χ1) is 6.16. The van der Waals surface area contributed by atoms with Crippen LogP contribution in [-0.2, 0) is 9.53 Å². The number of hydrogen-bond donors (Lipinski definition) is 0. The zero-order chi connectivity index (χ0) is 10.1. The van der Waals surface area contributed by atoms with Crippen LogP contribution in [0.25, 0.3) is 0 Å². The molecule has 0 bridgehead atoms. The van der Waals surface area contributed by atoms with Crippen LogP contribution in [0.2, 0.25) is 0 Å². The molecule has 2 nitrogen and oxygen atoms in total. The summed E-state index contributed by atoms with van der Waals surface area (Å²) in [5, 5.41) is 0. The maximum Gasteiger partial charge on any atom is 0.305 e. The molecule has 0 saturated carbocycles. The minimum Gasteiger partial charge on any atom is -0.466 e. The Morgan fingerprint density at radius 3 is 2.54 bits per heavy atom. The second-order valence-corrected chi connectivity index (χ2v) is 3.34. The molecule has 0 aliphatic carbocycles. The number of unbranched alkanes of at least 4 members (excludes halogenated alkanes) is 2. The van der Waals surface area contributed by atoms with E-state index in [-0.39, 0.29) is 5.97 Å². The van der Waals surface area contributed by atoms with Crippen molar-refractivity contribution in [3.8, 4) is 0 Å². The predicted octanol–water partition coefficient (Wildman–Crippen LogP) is 3.08. The highest BCUT2D eigenvalue weighted by atomic mass is 16.5. The van der Waals surface area contributed by atoms with Crippen LogP contribution in [0.1, 0.15) is 46.0 Å². The summed E-state index contributed by atoms with van der Waals surface area (Å²) in [5.74, 6) is -0.0973. The lowest BCUT2D eigenvalue weighted by Crippen LogP contribution is -2.03. The molecule has 0 rings (SSSR count). The number of carbonyl (C=O) groups excluding carboxylic acids is 1. The highest BCUT2D eigenvalue weighted by molar-refractivity contribution is 5.68. The SMILES string of the molecule is C=C(C)CCCCCOC(=O)CC. The highest BCUT2D eigenvalue weighted by Gasteiger charge is 1.96. The smallest absolute Gasteiger partial charge is 0.305 e. The molecule has 0 spiro atoms. The van der Waals surface area contributed by atoms with Crippen molar-refractivity contribution < 1.29 is 9.53 Å². The van der Waals surface area contributed by atoms with E-state index in [9.17, 15) is 4.79 Å². The number of esters is 1. The van der Waals surface area contributed by atoms with E-state index in [0.717, 1.165) is 25.7 Å². The summed E-state index contributed by atoms with van der Waals surface area (Å²) < 4.78 is 4.94. The lowest BCUT2D eigenvalue weighted by atomic mass is 10.1. The second kappa shape index (κ2) is 7.84. The average Bonchev–Trinajstić information content (AvgIpc) is 2.10. The molecule has 2 heteroatoms. The van der Waals surface area contributed by atoms with Crippen molar-refractivity contribution >= 4 is 5.97 Å². The molecule has 0 N–H and O–H groups in total. The van der Waals surface area contributed by atoms with Crippen LogP contribution in [0.15, 0.2) is 12.2 Å². The van der Waals surface area contributed by atoms with Gasteiger partial charge in [0.05, 0.1) is 6.61 Å². The quantitative estimate of drug-likeness (QED) is 0.345. The summed E-state index contributed by atoms with van der Waals surface area (Å²) in [4.78, 5) is 10.7. The Morgan fingerprint density at radius 2 is 2.00 bits per heavy atom. The number of rotatable bonds is 7. The van der Waals surface area contributed by atoms with Crippen LogP contribution in [-0.4, -0.2) is 12.6 Å². The molecule has 0 radical (unpaired) electrons. The fourth-order valence-electron chi connectivity index (χ4n) is 0.994. The highest BCUT2D eigenvalue weighted by Crippen LogP contribution is 2.06. The van der Waals surface area contributed by atoms with Crippen molar-refractivity contribution in [1.82, 2.24) is 0 Å². The summed E-state index contributed by atoms with van der Waals surface area (Å²) in [6.07, 6.45) is 4.80. The van der Waals surface area contributed by atoms with Crippen LogP contribution < -0.4 is 0 Å². The Labute approximate surface area is 81.0 Å². The molecule has 0 heterocycles. The lowest BCUT2D eigenvalue weighted by Gasteiger charge is -2.02. The topological polar surface area (TPSA) is 26.3 Å². The van der Waals surface area contributed by atoms with E-state index >= 15 is 0 Å². The van der Waals surface area contributed by atoms with E-state index < -0.39 is 0 Å². The van der Waals surface area contributed by atoms with Crippen LogP contribution in [0.5, 0.6) is 0 Å². The molecule has 0 unspecified atom stereocenters. The number of carbonyl (C=O) groups is 1. The standard InChI is InChI=1S/C11H20O2/c1-4-11(12)13-9-7-5-6-8-10(2)3/h2,4-9H2,1,3H3. The third kappa shape index (κ3) is 9.12. The zero-order valence-corrected chi connectivity index (χ0v) is 8.77. The summed E-state index contributed by atoms with van der Waals surface area (Å²) in [6.45, 7) is 8.25. The van der Waals surface area contributed by atoms with E-state index in [1.165, 1.54) is 5.57 Å². The van der Waals surface area contributed by atoms with E-state index in [4.69, 9.17) is 4.74 Å². The lowest BCUT2D eigenvalue weighted by molar-refractivity contribution is -0.143. The zero-order valence-electron chi connectivity index (χ0n) is 8.77. The molecule has 0 aromatic carbocycles. The van der Waals surface area contributed by atoms with Gasteiger partial charge in [-0.1, -0.05) is 12.5 Å². The van der Waals surface area contributed by atoms with Gasteiger partial charge in [0.25, 0.3) is 0 Å². The van der Waals surface area contributed by atoms with Gasteiger partial charge in [-0.2, -0.15) is 0 Å². The van der Waals surface area contributed by atoms with Crippen molar-refractivity contribution in [1.29, 1.82) is 0 Å². The van der Waals surface area contributed by atoms with Gasteiger partial charge in [-0.15, -0.1) is 6.58 Å². The molecular formula is C11H20O2. The Bertz CT molecular complexity index is 161. The average molecular weight is 184 g/mol. The van der Waals surface area contributed by atoms with Gasteiger partial charge in [-0.3, -0.25) is 4.79 Å². The molecule has 0 aromatic rings. The number of allylic oxidation sites excluding steroid dienone is 1. The maximum atomic E-state index is 10.7. The van der Waals surface area contributed by atoms with Gasteiger partial charge in [-0.05, 0) is 32.6 Å². The van der Waals surface area contributed by atoms with E-state index in [0.29, 0.717) is 13.0 Å². The second-order valence-electron chi connectivity index (χ2n) is 3.34. The first kappa shape index (κ1) is 12.2. The van der Waals surface area contributed by atoms with Gasteiger partial charge in [-0.25, -0.2) is 0 Å². The Hall–Kier alpha value is -0.790. The Balaban J connectivity index is 3.08. The molecule has 0 aromatic heterocycles. The summed E-state index contributed by atoms with van der Waals surface area (Å²) in [6, 6.07) is 0. The van der Waals surface area contributed by atoms with Gasteiger partial charge in [0, 0.05) is 6.42 Å². The summed E-state index contributed by atoms with van der Waals surface area (Å²) in [5.41, 5.74) is 1.23. The number of hydrogen-bond acceptors (Lipinski definition) is 2. The van der Waals surface area contributed by atoms with Gasteiger partial charge in [0.2, 0.25) is 0 Å². The molecule has 0 amide bonds. The van der Waals surface area contributed by atoms with Gasteiger partial charge in [0.1, 0.15) is 0 Å². The summed E-state index contributed by atoms with van der Waals surface area (Å²) in [7, 11) is 0. The molecule has 13 heavy (non-hydrogen) atoms. The molecule has 0 atom stereocenters. The van der Waals surface area contributed by atoms with Crippen LogP contribution >= 0.6 is 0 Å². The molecule has 76 valence electrons. The third-order valence-electron chi connectivity index (χ3n) is 1.80. The first-order valence-corrected chi connectivity index (χ1v) is 4.96. The molecule has 0 saturated heterocycles. The largest absolute Gasteiger partial charge is 0.466 e. The van der Waals surface area contributed by atoms with E-state index in [1.54, 1.807) is 0 Å². The monoisotopic (exact) mass is 184 g/mol. The molecule has 0 aliphatic rings. The normalized spacial score (nSPS) is 9.69. The van der Waals surface area contributed by atoms with Crippen LogP contribution in [0.3, 0.4) is 0 Å². The number of ether oxygens (including phenoxy) is 1. The van der Waals surface area contributed by atoms with Crippen LogP contribution in [0.4, 0.5) is 0 Å². The van der Waals surface area contributed by atoms with Crippen LogP contribution in [0, 0.1) is 0 Å².